The Morgan fingerprint density at radius 2 is 2.00 bits per heavy atom. The second-order valence-electron chi connectivity index (χ2n) is 5.75. The van der Waals surface area contributed by atoms with Crippen LogP contribution in [0, 0.1) is 0 Å². The standard InChI is InChI=1S/C19H15N3O2/c20-19(24)13-4-1-5-14-16(13)17-15(23)7-6-12(18(17)22-14)9-11-3-2-8-21-10-11/h1-8,10,22-23H,9H2,(H2,20,24). The van der Waals surface area contributed by atoms with E-state index in [0.717, 1.165) is 22.2 Å². The number of nitrogens with one attached hydrogen (secondary N) is 1. The minimum Gasteiger partial charge on any atom is -0.507 e. The number of aromatic nitrogens is 2. The molecule has 0 saturated heterocycles. The topological polar surface area (TPSA) is 92.0 Å². The Balaban J connectivity index is 2.01. The first-order chi connectivity index (χ1) is 11.6. The molecule has 4 rings (SSSR count). The number of pyridine rings is 1. The minimum atomic E-state index is -0.515. The van der Waals surface area contributed by atoms with Gasteiger partial charge in [-0.05, 0) is 35.4 Å². The van der Waals surface area contributed by atoms with Crippen LogP contribution in [0.25, 0.3) is 21.8 Å². The molecule has 0 atom stereocenters. The number of aromatic hydroxyl groups is 1. The fourth-order valence-electron chi connectivity index (χ4n) is 3.17. The van der Waals surface area contributed by atoms with Crippen molar-refractivity contribution in [3.63, 3.8) is 0 Å². The summed E-state index contributed by atoms with van der Waals surface area (Å²) in [5.74, 6) is -0.390. The number of amides is 1. The fourth-order valence-corrected chi connectivity index (χ4v) is 3.17. The zero-order valence-electron chi connectivity index (χ0n) is 12.8. The average molecular weight is 317 g/mol. The van der Waals surface area contributed by atoms with E-state index in [0.29, 0.717) is 22.8 Å². The zero-order valence-corrected chi connectivity index (χ0v) is 12.8. The van der Waals surface area contributed by atoms with Crippen LogP contribution in [0.1, 0.15) is 21.5 Å². The zero-order chi connectivity index (χ0) is 16.7. The van der Waals surface area contributed by atoms with Gasteiger partial charge in [0, 0.05) is 35.3 Å². The van der Waals surface area contributed by atoms with E-state index in [-0.39, 0.29) is 5.75 Å². The van der Waals surface area contributed by atoms with E-state index >= 15 is 0 Å². The maximum absolute atomic E-state index is 11.8. The van der Waals surface area contributed by atoms with Crippen molar-refractivity contribution < 1.29 is 9.90 Å². The first-order valence-corrected chi connectivity index (χ1v) is 7.59. The van der Waals surface area contributed by atoms with Gasteiger partial charge >= 0.3 is 0 Å². The minimum absolute atomic E-state index is 0.125. The van der Waals surface area contributed by atoms with Gasteiger partial charge in [-0.15, -0.1) is 0 Å². The number of hydrogen-bond donors (Lipinski definition) is 3. The number of rotatable bonds is 3. The Kier molecular flexibility index (Phi) is 3.20. The smallest absolute Gasteiger partial charge is 0.249 e. The Labute approximate surface area is 137 Å². The molecule has 2 heterocycles. The number of H-pyrrole nitrogens is 1. The molecule has 2 aromatic heterocycles. The van der Waals surface area contributed by atoms with Gasteiger partial charge in [0.1, 0.15) is 5.75 Å². The van der Waals surface area contributed by atoms with Crippen molar-refractivity contribution in [1.29, 1.82) is 0 Å². The second-order valence-corrected chi connectivity index (χ2v) is 5.75. The van der Waals surface area contributed by atoms with E-state index in [1.165, 1.54) is 0 Å². The predicted molar refractivity (Wildman–Crippen MR) is 93.0 cm³/mol. The molecule has 0 radical (unpaired) electrons. The van der Waals surface area contributed by atoms with Crippen LogP contribution in [0.5, 0.6) is 5.75 Å². The molecule has 0 aliphatic heterocycles. The van der Waals surface area contributed by atoms with Crippen molar-refractivity contribution in [3.8, 4) is 5.75 Å². The molecule has 0 aliphatic carbocycles. The highest BCUT2D eigenvalue weighted by Gasteiger charge is 2.17. The summed E-state index contributed by atoms with van der Waals surface area (Å²) >= 11 is 0. The molecule has 4 aromatic rings. The van der Waals surface area contributed by atoms with Crippen LogP contribution in [-0.4, -0.2) is 21.0 Å². The predicted octanol–water partition coefficient (Wildman–Crippen LogP) is 3.11. The number of fused-ring (bicyclic) bond motifs is 3. The Morgan fingerprint density at radius 1 is 1.12 bits per heavy atom. The number of phenolic OH excluding ortho intramolecular Hbond substituents is 1. The highest BCUT2D eigenvalue weighted by molar-refractivity contribution is 6.19. The molecular formula is C19H15N3O2. The van der Waals surface area contributed by atoms with Crippen LogP contribution in [0.3, 0.4) is 0 Å². The largest absolute Gasteiger partial charge is 0.507 e. The van der Waals surface area contributed by atoms with Crippen LogP contribution in [0.4, 0.5) is 0 Å². The summed E-state index contributed by atoms with van der Waals surface area (Å²) in [6.07, 6.45) is 4.22. The third kappa shape index (κ3) is 2.18. The molecule has 0 spiro atoms. The molecule has 0 aliphatic rings. The summed E-state index contributed by atoms with van der Waals surface area (Å²) in [6.45, 7) is 0. The van der Waals surface area contributed by atoms with E-state index in [1.54, 1.807) is 24.4 Å². The van der Waals surface area contributed by atoms with Crippen molar-refractivity contribution in [3.05, 3.63) is 71.5 Å². The van der Waals surface area contributed by atoms with Gasteiger partial charge in [-0.2, -0.15) is 0 Å². The van der Waals surface area contributed by atoms with E-state index in [1.807, 2.05) is 30.5 Å². The number of nitrogens with zero attached hydrogens (tertiary/aromatic N) is 1. The molecule has 2 aromatic carbocycles. The summed E-state index contributed by atoms with van der Waals surface area (Å²) in [5.41, 5.74) is 9.56. The van der Waals surface area contributed by atoms with Gasteiger partial charge in [0.15, 0.2) is 0 Å². The maximum atomic E-state index is 11.8. The van der Waals surface area contributed by atoms with Gasteiger partial charge in [0.25, 0.3) is 0 Å². The molecule has 0 unspecified atom stereocenters. The number of phenols is 1. The number of nitrogens with two attached hydrogens (primary N) is 1. The molecule has 0 fully saturated rings. The molecule has 5 nitrogen and oxygen atoms in total. The van der Waals surface area contributed by atoms with Crippen LogP contribution >= 0.6 is 0 Å². The van der Waals surface area contributed by atoms with Crippen molar-refractivity contribution >= 4 is 27.7 Å². The SMILES string of the molecule is NC(=O)c1cccc2[nH]c3c(Cc4cccnc4)ccc(O)c3c12. The molecule has 0 bridgehead atoms. The first kappa shape index (κ1) is 14.3. The third-order valence-corrected chi connectivity index (χ3v) is 4.23. The van der Waals surface area contributed by atoms with Crippen molar-refractivity contribution in [2.75, 3.05) is 0 Å². The van der Waals surface area contributed by atoms with Crippen molar-refractivity contribution in [2.45, 2.75) is 6.42 Å². The number of primary amides is 1. The average Bonchev–Trinajstić information content (AvgIpc) is 2.99. The number of aromatic amines is 1. The number of carbonyl (C=O) groups excluding carboxylic acids is 1. The lowest BCUT2D eigenvalue weighted by molar-refractivity contribution is 0.100. The lowest BCUT2D eigenvalue weighted by atomic mass is 10.0. The fraction of sp³-hybridized carbons (Fsp3) is 0.0526. The molecule has 1 amide bonds. The van der Waals surface area contributed by atoms with Crippen LogP contribution in [0.2, 0.25) is 0 Å². The Bertz CT molecular complexity index is 1070. The third-order valence-electron chi connectivity index (χ3n) is 4.23. The molecular weight excluding hydrogens is 302 g/mol. The monoisotopic (exact) mass is 317 g/mol. The van der Waals surface area contributed by atoms with Crippen molar-refractivity contribution in [2.24, 2.45) is 5.73 Å². The number of carbonyl (C=O) groups is 1. The second kappa shape index (κ2) is 5.38. The molecule has 5 heteroatoms. The molecule has 118 valence electrons. The van der Waals surface area contributed by atoms with E-state index in [4.69, 9.17) is 5.73 Å². The van der Waals surface area contributed by atoms with E-state index in [9.17, 15) is 9.90 Å². The number of benzene rings is 2. The van der Waals surface area contributed by atoms with Gasteiger partial charge in [-0.25, -0.2) is 0 Å². The quantitative estimate of drug-likeness (QED) is 0.542. The molecule has 24 heavy (non-hydrogen) atoms. The Morgan fingerprint density at radius 3 is 2.75 bits per heavy atom. The summed E-state index contributed by atoms with van der Waals surface area (Å²) in [4.78, 5) is 19.2. The summed E-state index contributed by atoms with van der Waals surface area (Å²) in [5, 5.41) is 11.7. The highest BCUT2D eigenvalue weighted by atomic mass is 16.3. The normalized spacial score (nSPS) is 11.2. The molecule has 4 N–H and O–H groups in total. The summed E-state index contributed by atoms with van der Waals surface area (Å²) in [7, 11) is 0. The Hall–Kier alpha value is -3.34. The van der Waals surface area contributed by atoms with Gasteiger partial charge in [0.05, 0.1) is 10.9 Å². The van der Waals surface area contributed by atoms with Gasteiger partial charge < -0.3 is 15.8 Å². The summed E-state index contributed by atoms with van der Waals surface area (Å²) < 4.78 is 0. The van der Waals surface area contributed by atoms with Gasteiger partial charge in [0.2, 0.25) is 5.91 Å². The summed E-state index contributed by atoms with van der Waals surface area (Å²) in [6, 6.07) is 12.7. The van der Waals surface area contributed by atoms with Crippen LogP contribution in [0.15, 0.2) is 54.9 Å². The van der Waals surface area contributed by atoms with Crippen molar-refractivity contribution in [1.82, 2.24) is 9.97 Å². The maximum Gasteiger partial charge on any atom is 0.249 e. The van der Waals surface area contributed by atoms with Crippen LogP contribution < -0.4 is 5.73 Å². The van der Waals surface area contributed by atoms with Gasteiger partial charge in [-0.1, -0.05) is 18.2 Å². The molecule has 0 saturated carbocycles. The van der Waals surface area contributed by atoms with E-state index in [2.05, 4.69) is 9.97 Å². The first-order valence-electron chi connectivity index (χ1n) is 7.59. The van der Waals surface area contributed by atoms with Crippen LogP contribution in [-0.2, 0) is 6.42 Å². The number of hydrogen-bond acceptors (Lipinski definition) is 3. The highest BCUT2D eigenvalue weighted by Crippen LogP contribution is 2.36. The van der Waals surface area contributed by atoms with Gasteiger partial charge in [-0.3, -0.25) is 9.78 Å². The lowest BCUT2D eigenvalue weighted by Gasteiger charge is -2.05. The van der Waals surface area contributed by atoms with E-state index < -0.39 is 5.91 Å². The lowest BCUT2D eigenvalue weighted by Crippen LogP contribution is -2.10.